The summed E-state index contributed by atoms with van der Waals surface area (Å²) in [5.41, 5.74) is 1.10. The van der Waals surface area contributed by atoms with Crippen LogP contribution in [0.1, 0.15) is 5.56 Å². The fourth-order valence-corrected chi connectivity index (χ4v) is 2.53. The molecule has 1 aromatic carbocycles. The van der Waals surface area contributed by atoms with Gasteiger partial charge < -0.3 is 4.18 Å². The van der Waals surface area contributed by atoms with E-state index in [-0.39, 0.29) is 17.9 Å². The van der Waals surface area contributed by atoms with Gasteiger partial charge in [-0.2, -0.15) is 0 Å². The second-order valence-electron chi connectivity index (χ2n) is 3.15. The van der Waals surface area contributed by atoms with Gasteiger partial charge in [0.05, 0.1) is 11.6 Å². The third kappa shape index (κ3) is 1.01. The number of carbonyl (C=O) groups excluding carboxylic acids is 1. The average molecular weight is 206 g/mol. The summed E-state index contributed by atoms with van der Waals surface area (Å²) in [4.78, 5) is 16.2. The van der Waals surface area contributed by atoms with Gasteiger partial charge in [-0.1, -0.05) is 0 Å². The molecule has 0 spiro atoms. The van der Waals surface area contributed by atoms with Crippen molar-refractivity contribution in [3.05, 3.63) is 34.5 Å². The molecular weight excluding hydrogens is 198 g/mol. The van der Waals surface area contributed by atoms with Gasteiger partial charge in [-0.3, -0.25) is 4.79 Å². The van der Waals surface area contributed by atoms with E-state index in [9.17, 15) is 4.79 Å². The van der Waals surface area contributed by atoms with Crippen LogP contribution in [0.5, 0.6) is 0 Å². The second-order valence-corrected chi connectivity index (χ2v) is 4.28. The molecule has 0 aromatic heterocycles. The predicted molar refractivity (Wildman–Crippen MR) is 56.9 cm³/mol. The molecule has 3 nitrogen and oxygen atoms in total. The molecule has 2 aliphatic rings. The Labute approximate surface area is 84.0 Å². The lowest BCUT2D eigenvalue weighted by molar-refractivity contribution is -0.112. The zero-order valence-electron chi connectivity index (χ0n) is 7.23. The Balaban J connectivity index is 2.45. The highest BCUT2D eigenvalue weighted by molar-refractivity contribution is 7.94. The number of hydrogen-bond donors (Lipinski definition) is 0. The van der Waals surface area contributed by atoms with E-state index in [1.807, 2.05) is 18.2 Å². The van der Waals surface area contributed by atoms with Crippen molar-refractivity contribution in [2.75, 3.05) is 0 Å². The molecule has 0 N–H and O–H groups in total. The van der Waals surface area contributed by atoms with Gasteiger partial charge in [0.2, 0.25) is 0 Å². The first-order valence-corrected chi connectivity index (χ1v) is 5.32. The number of nitrogens with zero attached hydrogens (tertiary/aromatic N) is 1. The number of carbonyl (C=O) groups is 1. The average Bonchev–Trinajstić information content (AvgIpc) is 2.59. The summed E-state index contributed by atoms with van der Waals surface area (Å²) >= 11 is -0.155. The Morgan fingerprint density at radius 3 is 3.21 bits per heavy atom. The van der Waals surface area contributed by atoms with Crippen LogP contribution in [-0.4, -0.2) is 5.91 Å². The van der Waals surface area contributed by atoms with E-state index in [0.717, 1.165) is 16.1 Å². The van der Waals surface area contributed by atoms with Crippen LogP contribution in [-0.2, 0) is 8.98 Å². The molecule has 3 rings (SSSR count). The van der Waals surface area contributed by atoms with E-state index in [2.05, 4.69) is 4.99 Å². The van der Waals surface area contributed by atoms with E-state index in [1.54, 1.807) is 12.3 Å². The topological polar surface area (TPSA) is 38.7 Å². The van der Waals surface area contributed by atoms with Crippen LogP contribution >= 0.6 is 12.0 Å². The monoisotopic (exact) mass is 206 g/mol. The van der Waals surface area contributed by atoms with Crippen molar-refractivity contribution in [1.29, 1.82) is 0 Å². The summed E-state index contributed by atoms with van der Waals surface area (Å²) < 4.78 is 5.26. The van der Waals surface area contributed by atoms with Gasteiger partial charge in [-0.15, -0.1) is 12.0 Å². The van der Waals surface area contributed by atoms with E-state index >= 15 is 0 Å². The van der Waals surface area contributed by atoms with Crippen molar-refractivity contribution < 1.29 is 8.98 Å². The van der Waals surface area contributed by atoms with E-state index < -0.39 is 0 Å². The lowest BCUT2D eigenvalue weighted by Gasteiger charge is -2.13. The van der Waals surface area contributed by atoms with Crippen molar-refractivity contribution in [2.24, 2.45) is 4.99 Å². The van der Waals surface area contributed by atoms with Crippen LogP contribution < -0.4 is 10.6 Å². The van der Waals surface area contributed by atoms with E-state index in [1.165, 1.54) is 4.90 Å². The minimum atomic E-state index is -0.164. The van der Waals surface area contributed by atoms with Crippen LogP contribution in [0.3, 0.4) is 0 Å². The quantitative estimate of drug-likeness (QED) is 0.591. The van der Waals surface area contributed by atoms with Crippen molar-refractivity contribution in [2.45, 2.75) is 4.90 Å². The molecule has 1 aromatic rings. The van der Waals surface area contributed by atoms with Crippen molar-refractivity contribution >= 4 is 30.1 Å². The van der Waals surface area contributed by atoms with Gasteiger partial charge in [0.1, 0.15) is 0 Å². The normalized spacial score (nSPS) is 17.0. The van der Waals surface area contributed by atoms with Gasteiger partial charge in [-0.05, 0) is 18.2 Å². The third-order valence-electron chi connectivity index (χ3n) is 2.30. The van der Waals surface area contributed by atoms with Crippen LogP contribution in [0.25, 0.3) is 12.2 Å². The maximum Gasteiger partial charge on any atom is 0.270 e. The predicted octanol–water partition coefficient (Wildman–Crippen LogP) is -0.168. The highest BCUT2D eigenvalue weighted by atomic mass is 32.2. The van der Waals surface area contributed by atoms with Gasteiger partial charge in [-0.25, -0.2) is 4.99 Å². The van der Waals surface area contributed by atoms with Crippen LogP contribution in [0.2, 0.25) is 0 Å². The standard InChI is InChI=1S/C10H8NO2S/c12-10-5-7-6-3-4-13-14-9(6)2-1-8(7)11-10/h1-5H,14H3. The number of amides is 1. The van der Waals surface area contributed by atoms with Crippen molar-refractivity contribution in [3.63, 3.8) is 0 Å². The summed E-state index contributed by atoms with van der Waals surface area (Å²) in [7, 11) is 0. The molecule has 2 aliphatic heterocycles. The van der Waals surface area contributed by atoms with Crippen LogP contribution in [0, 0.1) is 0 Å². The van der Waals surface area contributed by atoms with Gasteiger partial charge in [0, 0.05) is 21.8 Å². The summed E-state index contributed by atoms with van der Waals surface area (Å²) in [6, 6.07) is 3.87. The number of hydrogen-bond acceptors (Lipinski definition) is 2. The second kappa shape index (κ2) is 2.72. The summed E-state index contributed by atoms with van der Waals surface area (Å²) in [6.07, 6.45) is 5.17. The fraction of sp³-hybridized carbons (Fsp3) is 0. The zero-order valence-corrected chi connectivity index (χ0v) is 8.38. The maximum absolute atomic E-state index is 11.1. The minimum absolute atomic E-state index is 0.155. The molecule has 0 bridgehead atoms. The zero-order chi connectivity index (χ0) is 9.54. The molecule has 1 amide bonds. The Bertz CT molecular complexity index is 575. The molecule has 0 unspecified atom stereocenters. The Morgan fingerprint density at radius 1 is 1.36 bits per heavy atom. The molecule has 2 heterocycles. The highest BCUT2D eigenvalue weighted by Gasteiger charge is 2.10. The highest BCUT2D eigenvalue weighted by Crippen LogP contribution is 2.26. The van der Waals surface area contributed by atoms with Crippen molar-refractivity contribution in [1.82, 2.24) is 0 Å². The van der Waals surface area contributed by atoms with Gasteiger partial charge in [0.25, 0.3) is 5.91 Å². The molecule has 0 aliphatic carbocycles. The van der Waals surface area contributed by atoms with Crippen molar-refractivity contribution in [3.8, 4) is 0 Å². The molecule has 0 saturated heterocycles. The molecular formula is C10H8NO2S. The first-order chi connectivity index (χ1) is 6.84. The molecule has 0 atom stereocenters. The van der Waals surface area contributed by atoms with E-state index in [0.29, 0.717) is 0 Å². The number of benzene rings is 1. The number of fused-ring (bicyclic) bond motifs is 3. The van der Waals surface area contributed by atoms with Gasteiger partial charge in [0.15, 0.2) is 0 Å². The van der Waals surface area contributed by atoms with E-state index in [4.69, 9.17) is 4.18 Å². The third-order valence-corrected chi connectivity index (χ3v) is 3.36. The Kier molecular flexibility index (Phi) is 1.52. The SMILES string of the molecule is O=C1C=c2c3c(ccc2=N1)[SH3]OC=C3. The summed E-state index contributed by atoms with van der Waals surface area (Å²) in [6.45, 7) is 0. The minimum Gasteiger partial charge on any atom is -0.469 e. The molecule has 4 heteroatoms. The molecule has 0 fully saturated rings. The first-order valence-electron chi connectivity index (χ1n) is 4.27. The number of rotatable bonds is 0. The molecule has 1 radical (unpaired) electrons. The first kappa shape index (κ1) is 7.82. The lowest BCUT2D eigenvalue weighted by atomic mass is 10.1. The largest absolute Gasteiger partial charge is 0.469 e. The van der Waals surface area contributed by atoms with Crippen LogP contribution in [0.15, 0.2) is 28.3 Å². The summed E-state index contributed by atoms with van der Waals surface area (Å²) in [5, 5.41) is 1.72. The smallest absolute Gasteiger partial charge is 0.270 e. The lowest BCUT2D eigenvalue weighted by Crippen LogP contribution is -2.25. The summed E-state index contributed by atoms with van der Waals surface area (Å²) in [5.74, 6) is -0.164. The molecule has 0 saturated carbocycles. The van der Waals surface area contributed by atoms with Crippen LogP contribution in [0.4, 0.5) is 0 Å². The fourth-order valence-electron chi connectivity index (χ4n) is 1.67. The van der Waals surface area contributed by atoms with Gasteiger partial charge >= 0.3 is 0 Å². The maximum atomic E-state index is 11.1. The molecule has 14 heavy (non-hydrogen) atoms. The molecule has 71 valence electrons. The Hall–Kier alpha value is -1.55. The Morgan fingerprint density at radius 2 is 2.29 bits per heavy atom.